The minimum absolute atomic E-state index is 0.0423. The number of nitrogens with zero attached hydrogens (tertiary/aromatic N) is 3. The SMILES string of the molecule is CCCOc1nc(N)nc(Oc2ccc(F)cc2Cl)n1. The summed E-state index contributed by atoms with van der Waals surface area (Å²) in [5.74, 6) is -0.302. The average Bonchev–Trinajstić information content (AvgIpc) is 2.39. The Bertz CT molecular complexity index is 612. The molecule has 1 aromatic carbocycles. The molecule has 0 atom stereocenters. The smallest absolute Gasteiger partial charge is 0.330 e. The summed E-state index contributed by atoms with van der Waals surface area (Å²) in [5.41, 5.74) is 5.53. The Kier molecular flexibility index (Phi) is 4.52. The van der Waals surface area contributed by atoms with Crippen molar-refractivity contribution < 1.29 is 13.9 Å². The highest BCUT2D eigenvalue weighted by molar-refractivity contribution is 6.32. The van der Waals surface area contributed by atoms with Gasteiger partial charge in [-0.1, -0.05) is 18.5 Å². The molecule has 0 saturated heterocycles. The molecule has 8 heteroatoms. The Morgan fingerprint density at radius 1 is 1.25 bits per heavy atom. The number of hydrogen-bond donors (Lipinski definition) is 1. The summed E-state index contributed by atoms with van der Waals surface area (Å²) in [6.07, 6.45) is 0.797. The highest BCUT2D eigenvalue weighted by Crippen LogP contribution is 2.28. The number of nitrogen functional groups attached to an aromatic ring is 1. The first-order valence-electron chi connectivity index (χ1n) is 5.85. The highest BCUT2D eigenvalue weighted by atomic mass is 35.5. The fourth-order valence-corrected chi connectivity index (χ4v) is 1.52. The van der Waals surface area contributed by atoms with Crippen molar-refractivity contribution in [3.8, 4) is 17.8 Å². The molecular formula is C12H12ClFN4O2. The molecule has 1 aromatic heterocycles. The maximum atomic E-state index is 12.9. The topological polar surface area (TPSA) is 83.2 Å². The van der Waals surface area contributed by atoms with Crippen LogP contribution in [0.2, 0.25) is 5.02 Å². The van der Waals surface area contributed by atoms with Gasteiger partial charge in [0.2, 0.25) is 5.95 Å². The van der Waals surface area contributed by atoms with Crippen molar-refractivity contribution in [3.05, 3.63) is 29.0 Å². The van der Waals surface area contributed by atoms with Gasteiger partial charge in [0, 0.05) is 0 Å². The fraction of sp³-hybridized carbons (Fsp3) is 0.250. The van der Waals surface area contributed by atoms with E-state index in [4.69, 9.17) is 26.8 Å². The lowest BCUT2D eigenvalue weighted by Gasteiger charge is -2.08. The minimum Gasteiger partial charge on any atom is -0.463 e. The molecule has 6 nitrogen and oxygen atoms in total. The number of benzene rings is 1. The third-order valence-corrected chi connectivity index (χ3v) is 2.44. The van der Waals surface area contributed by atoms with E-state index in [1.165, 1.54) is 12.1 Å². The van der Waals surface area contributed by atoms with Crippen molar-refractivity contribution in [2.24, 2.45) is 0 Å². The van der Waals surface area contributed by atoms with E-state index in [0.29, 0.717) is 6.61 Å². The third-order valence-electron chi connectivity index (χ3n) is 2.14. The number of halogens is 2. The fourth-order valence-electron chi connectivity index (χ4n) is 1.31. The quantitative estimate of drug-likeness (QED) is 0.914. The summed E-state index contributed by atoms with van der Waals surface area (Å²) in [4.78, 5) is 11.5. The van der Waals surface area contributed by atoms with E-state index in [2.05, 4.69) is 15.0 Å². The lowest BCUT2D eigenvalue weighted by Crippen LogP contribution is -2.05. The van der Waals surface area contributed by atoms with E-state index < -0.39 is 5.82 Å². The van der Waals surface area contributed by atoms with Gasteiger partial charge in [0.1, 0.15) is 11.6 Å². The molecule has 1 heterocycles. The largest absolute Gasteiger partial charge is 0.463 e. The summed E-state index contributed by atoms with van der Waals surface area (Å²) >= 11 is 5.84. The lowest BCUT2D eigenvalue weighted by atomic mass is 10.3. The van der Waals surface area contributed by atoms with Crippen LogP contribution < -0.4 is 15.2 Å². The van der Waals surface area contributed by atoms with Gasteiger partial charge in [-0.05, 0) is 24.6 Å². The normalized spacial score (nSPS) is 10.3. The van der Waals surface area contributed by atoms with E-state index in [1.807, 2.05) is 6.92 Å². The Balaban J connectivity index is 2.21. The van der Waals surface area contributed by atoms with Gasteiger partial charge in [0.05, 0.1) is 11.6 Å². The van der Waals surface area contributed by atoms with Crippen LogP contribution in [0.5, 0.6) is 17.8 Å². The number of rotatable bonds is 5. The number of aromatic nitrogens is 3. The zero-order valence-electron chi connectivity index (χ0n) is 10.6. The van der Waals surface area contributed by atoms with Crippen molar-refractivity contribution >= 4 is 17.5 Å². The summed E-state index contributed by atoms with van der Waals surface area (Å²) in [6, 6.07) is 3.69. The molecule has 20 heavy (non-hydrogen) atoms. The average molecular weight is 299 g/mol. The van der Waals surface area contributed by atoms with Crippen molar-refractivity contribution in [1.82, 2.24) is 15.0 Å². The molecule has 0 aliphatic heterocycles. The van der Waals surface area contributed by atoms with Gasteiger partial charge >= 0.3 is 12.0 Å². The maximum Gasteiger partial charge on any atom is 0.330 e. The molecule has 0 saturated carbocycles. The van der Waals surface area contributed by atoms with E-state index >= 15 is 0 Å². The molecule has 0 aliphatic rings. The zero-order valence-corrected chi connectivity index (χ0v) is 11.4. The molecule has 0 bridgehead atoms. The minimum atomic E-state index is -0.468. The molecule has 2 aromatic rings. The molecule has 0 fully saturated rings. The summed E-state index contributed by atoms with van der Waals surface area (Å²) in [7, 11) is 0. The van der Waals surface area contributed by atoms with Gasteiger partial charge in [-0.25, -0.2) is 4.39 Å². The molecule has 0 spiro atoms. The van der Waals surface area contributed by atoms with E-state index in [1.54, 1.807) is 0 Å². The van der Waals surface area contributed by atoms with Gasteiger partial charge in [-0.3, -0.25) is 0 Å². The van der Waals surface area contributed by atoms with Crippen LogP contribution in [0.1, 0.15) is 13.3 Å². The van der Waals surface area contributed by atoms with Crippen LogP contribution in [0.15, 0.2) is 18.2 Å². The van der Waals surface area contributed by atoms with E-state index in [-0.39, 0.29) is 28.7 Å². The monoisotopic (exact) mass is 298 g/mol. The lowest BCUT2D eigenvalue weighted by molar-refractivity contribution is 0.285. The molecular weight excluding hydrogens is 287 g/mol. The van der Waals surface area contributed by atoms with Gasteiger partial charge in [-0.15, -0.1) is 4.98 Å². The number of anilines is 1. The van der Waals surface area contributed by atoms with Crippen LogP contribution >= 0.6 is 11.6 Å². The second kappa shape index (κ2) is 6.33. The predicted molar refractivity (Wildman–Crippen MR) is 71.5 cm³/mol. The number of ether oxygens (including phenoxy) is 2. The van der Waals surface area contributed by atoms with Gasteiger partial charge < -0.3 is 15.2 Å². The molecule has 0 amide bonds. The van der Waals surface area contributed by atoms with Crippen LogP contribution in [-0.4, -0.2) is 21.6 Å². The van der Waals surface area contributed by atoms with Crippen LogP contribution in [0.3, 0.4) is 0 Å². The van der Waals surface area contributed by atoms with Crippen LogP contribution in [0.4, 0.5) is 10.3 Å². The Morgan fingerprint density at radius 2 is 2.00 bits per heavy atom. The van der Waals surface area contributed by atoms with Crippen molar-refractivity contribution in [3.63, 3.8) is 0 Å². The summed E-state index contributed by atoms with van der Waals surface area (Å²) < 4.78 is 23.5. The first-order chi connectivity index (χ1) is 9.58. The third kappa shape index (κ3) is 3.67. The number of hydrogen-bond acceptors (Lipinski definition) is 6. The number of nitrogens with two attached hydrogens (primary N) is 1. The summed E-state index contributed by atoms with van der Waals surface area (Å²) in [5, 5.41) is 0.0972. The molecule has 0 radical (unpaired) electrons. The van der Waals surface area contributed by atoms with Crippen molar-refractivity contribution in [2.45, 2.75) is 13.3 Å². The maximum absolute atomic E-state index is 12.9. The Hall–Kier alpha value is -2.15. The second-order valence-electron chi connectivity index (χ2n) is 3.78. The summed E-state index contributed by atoms with van der Waals surface area (Å²) in [6.45, 7) is 2.39. The van der Waals surface area contributed by atoms with Crippen LogP contribution in [-0.2, 0) is 0 Å². The first kappa shape index (κ1) is 14.3. The van der Waals surface area contributed by atoms with Gasteiger partial charge in [0.15, 0.2) is 0 Å². The molecule has 0 unspecified atom stereocenters. The van der Waals surface area contributed by atoms with E-state index in [9.17, 15) is 4.39 Å². The second-order valence-corrected chi connectivity index (χ2v) is 4.19. The van der Waals surface area contributed by atoms with Crippen LogP contribution in [0, 0.1) is 5.82 Å². The first-order valence-corrected chi connectivity index (χ1v) is 6.23. The Labute approximate surface area is 119 Å². The molecule has 0 aliphatic carbocycles. The molecule has 2 rings (SSSR count). The van der Waals surface area contributed by atoms with Gasteiger partial charge in [-0.2, -0.15) is 9.97 Å². The predicted octanol–water partition coefficient (Wildman–Crippen LogP) is 2.83. The Morgan fingerprint density at radius 3 is 2.70 bits per heavy atom. The van der Waals surface area contributed by atoms with Crippen molar-refractivity contribution in [1.29, 1.82) is 0 Å². The van der Waals surface area contributed by atoms with Crippen LogP contribution in [0.25, 0.3) is 0 Å². The molecule has 106 valence electrons. The molecule has 2 N–H and O–H groups in total. The standard InChI is InChI=1S/C12H12ClFN4O2/c1-2-5-19-11-16-10(15)17-12(18-11)20-9-4-3-7(14)6-8(9)13/h3-4,6H,2,5H2,1H3,(H2,15,16,17,18). The highest BCUT2D eigenvalue weighted by Gasteiger charge is 2.10. The zero-order chi connectivity index (χ0) is 14.5. The van der Waals surface area contributed by atoms with E-state index in [0.717, 1.165) is 12.5 Å². The van der Waals surface area contributed by atoms with Crippen molar-refractivity contribution in [2.75, 3.05) is 12.3 Å². The van der Waals surface area contributed by atoms with Gasteiger partial charge in [0.25, 0.3) is 0 Å².